The van der Waals surface area contributed by atoms with E-state index in [1.54, 1.807) is 12.1 Å². The fourth-order valence-corrected chi connectivity index (χ4v) is 6.77. The molecule has 1 aliphatic carbocycles. The molecule has 2 aromatic heterocycles. The van der Waals surface area contributed by atoms with Crippen molar-refractivity contribution in [1.29, 1.82) is 0 Å². The van der Waals surface area contributed by atoms with Crippen molar-refractivity contribution in [2.24, 2.45) is 11.3 Å². The lowest BCUT2D eigenvalue weighted by molar-refractivity contribution is 0.0978. The Morgan fingerprint density at radius 2 is 1.78 bits per heavy atom. The molecule has 4 aromatic rings. The van der Waals surface area contributed by atoms with Gasteiger partial charge in [-0.05, 0) is 59.2 Å². The number of nitrogens with two attached hydrogens (primary N) is 1. The number of amides is 1. The molecule has 37 heavy (non-hydrogen) atoms. The molecule has 1 aliphatic rings. The molecule has 8 heteroatoms. The van der Waals surface area contributed by atoms with Crippen molar-refractivity contribution in [3.05, 3.63) is 84.2 Å². The number of nitrogens with zero attached hydrogens (tertiary/aromatic N) is 2. The molecule has 0 spiro atoms. The Morgan fingerprint density at radius 1 is 1.03 bits per heavy atom. The Bertz CT molecular complexity index is 1610. The molecule has 2 heterocycles. The lowest BCUT2D eigenvalue weighted by Gasteiger charge is -2.28. The Kier molecular flexibility index (Phi) is 6.23. The van der Waals surface area contributed by atoms with Crippen molar-refractivity contribution in [2.45, 2.75) is 44.4 Å². The van der Waals surface area contributed by atoms with Crippen LogP contribution < -0.4 is 10.5 Å². The highest BCUT2D eigenvalue weighted by Crippen LogP contribution is 2.52. The summed E-state index contributed by atoms with van der Waals surface area (Å²) < 4.78 is 28.2. The summed E-state index contributed by atoms with van der Waals surface area (Å²) in [4.78, 5) is 22.1. The molecule has 1 fully saturated rings. The van der Waals surface area contributed by atoms with E-state index < -0.39 is 15.9 Å². The number of benzene rings is 2. The molecule has 2 aromatic carbocycles. The zero-order valence-electron chi connectivity index (χ0n) is 21.1. The number of carbonyl (C=O) groups is 1. The van der Waals surface area contributed by atoms with Gasteiger partial charge in [0.15, 0.2) is 0 Å². The molecule has 0 saturated heterocycles. The van der Waals surface area contributed by atoms with Gasteiger partial charge >= 0.3 is 0 Å². The lowest BCUT2D eigenvalue weighted by Crippen LogP contribution is -2.33. The van der Waals surface area contributed by atoms with E-state index in [2.05, 4.69) is 48.7 Å². The average Bonchev–Trinajstić information content (AvgIpc) is 3.14. The first-order valence-corrected chi connectivity index (χ1v) is 13.8. The van der Waals surface area contributed by atoms with E-state index in [4.69, 9.17) is 10.7 Å². The minimum atomic E-state index is -4.22. The zero-order chi connectivity index (χ0) is 26.4. The number of nitrogen functional groups attached to an aromatic ring is 1. The highest BCUT2D eigenvalue weighted by atomic mass is 32.2. The summed E-state index contributed by atoms with van der Waals surface area (Å²) in [7, 11) is -4.22. The maximum absolute atomic E-state index is 13.5. The van der Waals surface area contributed by atoms with Gasteiger partial charge in [-0.3, -0.25) is 9.78 Å². The number of rotatable bonds is 5. The zero-order valence-corrected chi connectivity index (χ0v) is 21.9. The van der Waals surface area contributed by atoms with Gasteiger partial charge in [-0.25, -0.2) is 18.1 Å². The summed E-state index contributed by atoms with van der Waals surface area (Å²) in [6.45, 7) is 6.57. The first-order chi connectivity index (χ1) is 17.6. The number of nitrogens with one attached hydrogen (secondary N) is 1. The van der Waals surface area contributed by atoms with Crippen molar-refractivity contribution in [1.82, 2.24) is 14.7 Å². The van der Waals surface area contributed by atoms with Crippen molar-refractivity contribution in [2.75, 3.05) is 5.73 Å². The number of pyridine rings is 2. The summed E-state index contributed by atoms with van der Waals surface area (Å²) in [6, 6.07) is 20.4. The standard InChI is InChI=1S/C29H30N4O3S/c1-18-16-23(29(2,3)17-18)26-22(28(34)33-37(35,36)25-12-7-15-31-27(25)30)13-14-24(32-26)21-11-6-9-19-8-4-5-10-20(19)21/h4-15,18,23H,16-17H2,1-3H3,(H2,30,31)(H,33,34)/t18-,23?/m1/s1. The SMILES string of the molecule is C[C@@H]1CC(c2nc(-c3cccc4ccccc34)ccc2C(=O)NS(=O)(=O)c2cccnc2N)C(C)(C)C1. The van der Waals surface area contributed by atoms with Gasteiger partial charge in [-0.2, -0.15) is 0 Å². The van der Waals surface area contributed by atoms with E-state index in [0.29, 0.717) is 11.6 Å². The van der Waals surface area contributed by atoms with E-state index >= 15 is 0 Å². The van der Waals surface area contributed by atoms with Gasteiger partial charge < -0.3 is 5.73 Å². The summed E-state index contributed by atoms with van der Waals surface area (Å²) in [5.74, 6) is -0.453. The lowest BCUT2D eigenvalue weighted by atomic mass is 9.78. The monoisotopic (exact) mass is 514 g/mol. The van der Waals surface area contributed by atoms with Crippen molar-refractivity contribution in [3.63, 3.8) is 0 Å². The predicted octanol–water partition coefficient (Wildman–Crippen LogP) is 5.54. The Balaban J connectivity index is 1.62. The number of aromatic nitrogens is 2. The normalized spacial score (nSPS) is 19.1. The Hall–Kier alpha value is -3.78. The molecule has 0 bridgehead atoms. The predicted molar refractivity (Wildman–Crippen MR) is 145 cm³/mol. The van der Waals surface area contributed by atoms with Crippen molar-refractivity contribution in [3.8, 4) is 11.3 Å². The second kappa shape index (κ2) is 9.27. The van der Waals surface area contributed by atoms with Gasteiger partial charge in [-0.1, -0.05) is 63.2 Å². The van der Waals surface area contributed by atoms with Gasteiger partial charge in [0, 0.05) is 17.7 Å². The quantitative estimate of drug-likeness (QED) is 0.361. The van der Waals surface area contributed by atoms with Crippen LogP contribution in [-0.4, -0.2) is 24.3 Å². The molecule has 3 N–H and O–H groups in total. The smallest absolute Gasteiger partial charge is 0.267 e. The average molecular weight is 515 g/mol. The highest BCUT2D eigenvalue weighted by Gasteiger charge is 2.42. The molecule has 1 saturated carbocycles. The summed E-state index contributed by atoms with van der Waals surface area (Å²) in [6.07, 6.45) is 3.25. The molecule has 5 rings (SSSR count). The third-order valence-electron chi connectivity index (χ3n) is 7.34. The van der Waals surface area contributed by atoms with Crippen LogP contribution in [0, 0.1) is 11.3 Å². The van der Waals surface area contributed by atoms with Crippen LogP contribution in [0.2, 0.25) is 0 Å². The molecular weight excluding hydrogens is 484 g/mol. The maximum atomic E-state index is 13.5. The van der Waals surface area contributed by atoms with Crippen molar-refractivity contribution < 1.29 is 13.2 Å². The van der Waals surface area contributed by atoms with E-state index in [1.807, 2.05) is 24.3 Å². The highest BCUT2D eigenvalue weighted by molar-refractivity contribution is 7.90. The van der Waals surface area contributed by atoms with Crippen LogP contribution in [0.4, 0.5) is 5.82 Å². The van der Waals surface area contributed by atoms with Crippen LogP contribution in [0.25, 0.3) is 22.0 Å². The molecule has 1 amide bonds. The van der Waals surface area contributed by atoms with Crippen LogP contribution in [-0.2, 0) is 10.0 Å². The minimum absolute atomic E-state index is 0.00987. The van der Waals surface area contributed by atoms with Crippen LogP contribution in [0.1, 0.15) is 55.6 Å². The Morgan fingerprint density at radius 3 is 2.51 bits per heavy atom. The molecule has 0 radical (unpaired) electrons. The van der Waals surface area contributed by atoms with Gasteiger partial charge in [0.2, 0.25) is 0 Å². The number of sulfonamides is 1. The van der Waals surface area contributed by atoms with E-state index in [1.165, 1.54) is 18.3 Å². The summed E-state index contributed by atoms with van der Waals surface area (Å²) in [5.41, 5.74) is 8.25. The summed E-state index contributed by atoms with van der Waals surface area (Å²) >= 11 is 0. The molecular formula is C29H30N4O3S. The maximum Gasteiger partial charge on any atom is 0.267 e. The number of carbonyl (C=O) groups excluding carboxylic acids is 1. The topological polar surface area (TPSA) is 115 Å². The third-order valence-corrected chi connectivity index (χ3v) is 8.72. The Labute approximate surface area is 217 Å². The van der Waals surface area contributed by atoms with Gasteiger partial charge in [0.25, 0.3) is 15.9 Å². The minimum Gasteiger partial charge on any atom is -0.383 e. The third kappa shape index (κ3) is 4.69. The first-order valence-electron chi connectivity index (χ1n) is 12.3. The van der Waals surface area contributed by atoms with Gasteiger partial charge in [-0.15, -0.1) is 0 Å². The number of hydrogen-bond acceptors (Lipinski definition) is 6. The fourth-order valence-electron chi connectivity index (χ4n) is 5.72. The molecule has 7 nitrogen and oxygen atoms in total. The van der Waals surface area contributed by atoms with Crippen molar-refractivity contribution >= 4 is 32.5 Å². The van der Waals surface area contributed by atoms with Gasteiger partial charge in [0.1, 0.15) is 10.7 Å². The number of anilines is 1. The van der Waals surface area contributed by atoms with E-state index in [9.17, 15) is 13.2 Å². The number of fused-ring (bicyclic) bond motifs is 1. The first kappa shape index (κ1) is 24.9. The summed E-state index contributed by atoms with van der Waals surface area (Å²) in [5, 5.41) is 2.16. The van der Waals surface area contributed by atoms with E-state index in [0.717, 1.165) is 34.9 Å². The number of hydrogen-bond donors (Lipinski definition) is 2. The molecule has 1 unspecified atom stereocenters. The molecule has 0 aliphatic heterocycles. The second-order valence-corrected chi connectivity index (χ2v) is 12.2. The van der Waals surface area contributed by atoms with Crippen LogP contribution in [0.5, 0.6) is 0 Å². The van der Waals surface area contributed by atoms with Crippen LogP contribution in [0.3, 0.4) is 0 Å². The molecule has 2 atom stereocenters. The second-order valence-electron chi connectivity index (χ2n) is 10.6. The fraction of sp³-hybridized carbons (Fsp3) is 0.276. The van der Waals surface area contributed by atoms with Gasteiger partial charge in [0.05, 0.1) is 17.0 Å². The van der Waals surface area contributed by atoms with Crippen LogP contribution in [0.15, 0.2) is 77.8 Å². The van der Waals surface area contributed by atoms with E-state index in [-0.39, 0.29) is 27.6 Å². The van der Waals surface area contributed by atoms with Crippen LogP contribution >= 0.6 is 0 Å². The molecule has 190 valence electrons. The largest absolute Gasteiger partial charge is 0.383 e.